The second-order valence-electron chi connectivity index (χ2n) is 2.72. The third-order valence-electron chi connectivity index (χ3n) is 1.89. The van der Waals surface area contributed by atoms with Crippen LogP contribution in [0, 0.1) is 5.92 Å². The number of allylic oxidation sites excluding steroid dienone is 4. The maximum Gasteiger partial charge on any atom is 0.298 e. The van der Waals surface area contributed by atoms with Crippen molar-refractivity contribution in [1.29, 1.82) is 0 Å². The van der Waals surface area contributed by atoms with Crippen LogP contribution in [0.15, 0.2) is 23.5 Å². The van der Waals surface area contributed by atoms with Gasteiger partial charge in [0.2, 0.25) is 0 Å². The Labute approximate surface area is 70.7 Å². The maximum absolute atomic E-state index is 11.3. The molecular weight excluding hydrogens is 156 g/mol. The van der Waals surface area contributed by atoms with Gasteiger partial charge in [0.25, 0.3) is 6.47 Å². The summed E-state index contributed by atoms with van der Waals surface area (Å²) in [5.74, 6) is 0.0927. The van der Waals surface area contributed by atoms with Gasteiger partial charge < -0.3 is 4.74 Å². The molecule has 3 heteroatoms. The molecule has 0 N–H and O–H groups in total. The lowest BCUT2D eigenvalue weighted by atomic mass is 9.93. The topological polar surface area (TPSA) is 43.4 Å². The van der Waals surface area contributed by atoms with Gasteiger partial charge in [-0.15, -0.1) is 0 Å². The second-order valence-corrected chi connectivity index (χ2v) is 2.72. The zero-order valence-electron chi connectivity index (χ0n) is 7.03. The quantitative estimate of drug-likeness (QED) is 0.579. The molecule has 0 spiro atoms. The van der Waals surface area contributed by atoms with Gasteiger partial charge in [-0.25, -0.2) is 0 Å². The van der Waals surface area contributed by atoms with Crippen molar-refractivity contribution in [2.45, 2.75) is 13.8 Å². The Morgan fingerprint density at radius 2 is 2.17 bits per heavy atom. The number of rotatable bonds is 2. The normalized spacial score (nSPS) is 22.8. The summed E-state index contributed by atoms with van der Waals surface area (Å²) < 4.78 is 4.63. The summed E-state index contributed by atoms with van der Waals surface area (Å²) in [4.78, 5) is 21.3. The first-order valence-corrected chi connectivity index (χ1v) is 3.70. The van der Waals surface area contributed by atoms with Crippen LogP contribution in [0.4, 0.5) is 0 Å². The van der Waals surface area contributed by atoms with E-state index in [1.807, 2.05) is 0 Å². The van der Waals surface area contributed by atoms with Gasteiger partial charge in [-0.05, 0) is 25.5 Å². The molecule has 0 amide bonds. The van der Waals surface area contributed by atoms with E-state index in [0.717, 1.165) is 0 Å². The molecule has 0 aromatic rings. The van der Waals surface area contributed by atoms with Crippen LogP contribution < -0.4 is 0 Å². The molecule has 0 aliphatic heterocycles. The number of ketones is 1. The molecule has 1 aliphatic rings. The molecule has 0 bridgehead atoms. The highest BCUT2D eigenvalue weighted by Gasteiger charge is 2.23. The van der Waals surface area contributed by atoms with Gasteiger partial charge in [-0.2, -0.15) is 0 Å². The monoisotopic (exact) mass is 166 g/mol. The fraction of sp³-hybridized carbons (Fsp3) is 0.333. The van der Waals surface area contributed by atoms with E-state index < -0.39 is 0 Å². The summed E-state index contributed by atoms with van der Waals surface area (Å²) in [6, 6.07) is 0. The fourth-order valence-electron chi connectivity index (χ4n) is 1.10. The Bertz CT molecular complexity index is 273. The van der Waals surface area contributed by atoms with Crippen molar-refractivity contribution in [2.24, 2.45) is 5.92 Å². The van der Waals surface area contributed by atoms with Crippen LogP contribution in [0.3, 0.4) is 0 Å². The molecule has 0 aromatic heterocycles. The molecule has 0 aromatic carbocycles. The van der Waals surface area contributed by atoms with E-state index in [9.17, 15) is 9.59 Å². The van der Waals surface area contributed by atoms with E-state index in [1.54, 1.807) is 26.0 Å². The van der Waals surface area contributed by atoms with Crippen molar-refractivity contribution >= 4 is 12.3 Å². The van der Waals surface area contributed by atoms with Gasteiger partial charge in [-0.1, -0.05) is 6.08 Å². The lowest BCUT2D eigenvalue weighted by molar-refractivity contribution is -0.127. The van der Waals surface area contributed by atoms with Gasteiger partial charge in [0.05, 0.1) is 5.92 Å². The lowest BCUT2D eigenvalue weighted by Crippen LogP contribution is -2.18. The molecule has 3 nitrogen and oxygen atoms in total. The molecule has 0 saturated heterocycles. The first-order chi connectivity index (χ1) is 5.66. The van der Waals surface area contributed by atoms with Crippen molar-refractivity contribution in [3.8, 4) is 0 Å². The van der Waals surface area contributed by atoms with Crippen molar-refractivity contribution in [3.05, 3.63) is 23.5 Å². The minimum absolute atomic E-state index is 0.00866. The summed E-state index contributed by atoms with van der Waals surface area (Å²) in [5, 5.41) is 0. The number of hydrogen-bond donors (Lipinski definition) is 0. The lowest BCUT2D eigenvalue weighted by Gasteiger charge is -2.15. The maximum atomic E-state index is 11.3. The van der Waals surface area contributed by atoms with Crippen LogP contribution in [0.1, 0.15) is 13.8 Å². The van der Waals surface area contributed by atoms with Crippen molar-refractivity contribution < 1.29 is 14.3 Å². The van der Waals surface area contributed by atoms with Crippen molar-refractivity contribution in [1.82, 2.24) is 0 Å². The Balaban J connectivity index is 2.89. The minimum Gasteiger partial charge on any atom is -0.433 e. The molecule has 0 heterocycles. The zero-order valence-corrected chi connectivity index (χ0v) is 7.03. The van der Waals surface area contributed by atoms with Crippen LogP contribution >= 0.6 is 0 Å². The van der Waals surface area contributed by atoms with Gasteiger partial charge in [0, 0.05) is 0 Å². The number of hydrogen-bond acceptors (Lipinski definition) is 3. The zero-order chi connectivity index (χ0) is 9.14. The molecule has 1 unspecified atom stereocenters. The van der Waals surface area contributed by atoms with E-state index >= 15 is 0 Å². The average Bonchev–Trinajstić information content (AvgIpc) is 2.07. The predicted molar refractivity (Wildman–Crippen MR) is 43.2 cm³/mol. The molecule has 1 aliphatic carbocycles. The summed E-state index contributed by atoms with van der Waals surface area (Å²) in [5.41, 5.74) is 0.695. The van der Waals surface area contributed by atoms with Gasteiger partial charge in [-0.3, -0.25) is 9.59 Å². The first kappa shape index (κ1) is 8.71. The van der Waals surface area contributed by atoms with Crippen LogP contribution in [-0.4, -0.2) is 12.3 Å². The SMILES string of the molecule is CC1=CC=C(OC=O)C(C)C1=O. The molecule has 1 rings (SSSR count). The fourth-order valence-corrected chi connectivity index (χ4v) is 1.10. The Hall–Kier alpha value is -1.38. The number of Topliss-reactive ketones (excluding diaryl/α,β-unsaturated/α-hetero) is 1. The standard InChI is InChI=1S/C9H10O3/c1-6-3-4-8(12-5-10)7(2)9(6)11/h3-5,7H,1-2H3. The van der Waals surface area contributed by atoms with Gasteiger partial charge in [0.15, 0.2) is 5.78 Å². The molecule has 0 fully saturated rings. The van der Waals surface area contributed by atoms with Crippen LogP contribution in [0.25, 0.3) is 0 Å². The number of carbonyl (C=O) groups is 2. The number of carbonyl (C=O) groups excluding carboxylic acids is 2. The Morgan fingerprint density at radius 1 is 1.50 bits per heavy atom. The molecular formula is C9H10O3. The third kappa shape index (κ3) is 1.44. The van der Waals surface area contributed by atoms with Crippen LogP contribution in [0.2, 0.25) is 0 Å². The summed E-state index contributed by atoms with van der Waals surface area (Å²) >= 11 is 0. The Kier molecular flexibility index (Phi) is 2.43. The summed E-state index contributed by atoms with van der Waals surface area (Å²) in [6.07, 6.45) is 3.30. The smallest absolute Gasteiger partial charge is 0.298 e. The van der Waals surface area contributed by atoms with Crippen LogP contribution in [0.5, 0.6) is 0 Å². The van der Waals surface area contributed by atoms with Gasteiger partial charge in [0.1, 0.15) is 5.76 Å². The Morgan fingerprint density at radius 3 is 2.75 bits per heavy atom. The molecule has 0 saturated carbocycles. The molecule has 1 atom stereocenters. The molecule has 0 radical (unpaired) electrons. The summed E-state index contributed by atoms with van der Waals surface area (Å²) in [7, 11) is 0. The van der Waals surface area contributed by atoms with Crippen LogP contribution in [-0.2, 0) is 14.3 Å². The van der Waals surface area contributed by atoms with E-state index in [4.69, 9.17) is 0 Å². The highest BCUT2D eigenvalue weighted by atomic mass is 16.5. The largest absolute Gasteiger partial charge is 0.433 e. The van der Waals surface area contributed by atoms with E-state index in [0.29, 0.717) is 17.8 Å². The number of ether oxygens (including phenoxy) is 1. The summed E-state index contributed by atoms with van der Waals surface area (Å²) in [6.45, 7) is 3.80. The van der Waals surface area contributed by atoms with E-state index in [2.05, 4.69) is 4.74 Å². The predicted octanol–water partition coefficient (Wildman–Crippen LogP) is 1.21. The minimum atomic E-state index is -0.333. The first-order valence-electron chi connectivity index (χ1n) is 3.70. The van der Waals surface area contributed by atoms with Gasteiger partial charge >= 0.3 is 0 Å². The van der Waals surface area contributed by atoms with E-state index in [1.165, 1.54) is 0 Å². The van der Waals surface area contributed by atoms with Crippen molar-refractivity contribution in [2.75, 3.05) is 0 Å². The second kappa shape index (κ2) is 3.34. The highest BCUT2D eigenvalue weighted by molar-refractivity contribution is 5.99. The highest BCUT2D eigenvalue weighted by Crippen LogP contribution is 2.21. The van der Waals surface area contributed by atoms with Crippen molar-refractivity contribution in [3.63, 3.8) is 0 Å². The third-order valence-corrected chi connectivity index (χ3v) is 1.89. The molecule has 12 heavy (non-hydrogen) atoms. The average molecular weight is 166 g/mol. The van der Waals surface area contributed by atoms with E-state index in [-0.39, 0.29) is 11.7 Å². The molecule has 64 valence electrons.